The van der Waals surface area contributed by atoms with Crippen LogP contribution in [-0.4, -0.2) is 40.0 Å². The van der Waals surface area contributed by atoms with E-state index in [1.54, 1.807) is 4.90 Å². The van der Waals surface area contributed by atoms with E-state index in [-0.39, 0.29) is 17.0 Å². The number of carboxylic acid groups (broad SMARTS) is 1. The number of carbonyl (C=O) groups is 2. The summed E-state index contributed by atoms with van der Waals surface area (Å²) in [6.45, 7) is 5.24. The van der Waals surface area contributed by atoms with Crippen molar-refractivity contribution in [2.45, 2.75) is 26.7 Å². The molecule has 0 saturated heterocycles. The maximum absolute atomic E-state index is 12.3. The van der Waals surface area contributed by atoms with Gasteiger partial charge in [0, 0.05) is 25.5 Å². The number of aromatic carboxylic acids is 1. The first-order valence-electron chi connectivity index (χ1n) is 6.08. The average Bonchev–Trinajstić information content (AvgIpc) is 2.37. The quantitative estimate of drug-likeness (QED) is 0.838. The van der Waals surface area contributed by atoms with Crippen LogP contribution in [0.2, 0.25) is 0 Å². The van der Waals surface area contributed by atoms with Crippen LogP contribution in [0.3, 0.4) is 0 Å². The van der Waals surface area contributed by atoms with Gasteiger partial charge in [-0.25, -0.2) is 4.79 Å². The number of carboxylic acids is 1. The van der Waals surface area contributed by atoms with E-state index in [4.69, 9.17) is 5.11 Å². The van der Waals surface area contributed by atoms with Crippen molar-refractivity contribution in [2.75, 3.05) is 13.1 Å². The molecule has 1 heterocycles. The van der Waals surface area contributed by atoms with E-state index in [0.717, 1.165) is 12.8 Å². The third-order valence-electron chi connectivity index (χ3n) is 2.56. The number of nitrogens with zero attached hydrogens (tertiary/aromatic N) is 2. The lowest BCUT2D eigenvalue weighted by Crippen LogP contribution is -2.33. The lowest BCUT2D eigenvalue weighted by molar-refractivity contribution is 0.0674. The fourth-order valence-electron chi connectivity index (χ4n) is 1.78. The lowest BCUT2D eigenvalue weighted by atomic mass is 10.1. The molecule has 18 heavy (non-hydrogen) atoms. The van der Waals surface area contributed by atoms with E-state index in [0.29, 0.717) is 13.1 Å². The van der Waals surface area contributed by atoms with Crippen molar-refractivity contribution in [1.29, 1.82) is 0 Å². The van der Waals surface area contributed by atoms with Crippen LogP contribution in [0.25, 0.3) is 0 Å². The molecule has 0 bridgehead atoms. The van der Waals surface area contributed by atoms with Crippen LogP contribution in [0, 0.1) is 0 Å². The first-order valence-corrected chi connectivity index (χ1v) is 6.08. The molecule has 0 aromatic carbocycles. The van der Waals surface area contributed by atoms with E-state index in [1.807, 2.05) is 13.8 Å². The first-order chi connectivity index (χ1) is 8.61. The number of hydrogen-bond acceptors (Lipinski definition) is 3. The second-order valence-corrected chi connectivity index (χ2v) is 4.02. The Kier molecular flexibility index (Phi) is 5.30. The summed E-state index contributed by atoms with van der Waals surface area (Å²) < 4.78 is 0. The van der Waals surface area contributed by atoms with Crippen LogP contribution in [-0.2, 0) is 0 Å². The van der Waals surface area contributed by atoms with Crippen LogP contribution in [0.5, 0.6) is 0 Å². The molecule has 1 N–H and O–H groups in total. The third-order valence-corrected chi connectivity index (χ3v) is 2.56. The number of carbonyl (C=O) groups excluding carboxylic acids is 1. The van der Waals surface area contributed by atoms with Crippen molar-refractivity contribution in [1.82, 2.24) is 9.88 Å². The minimum absolute atomic E-state index is 0.0419. The minimum Gasteiger partial charge on any atom is -0.478 e. The monoisotopic (exact) mass is 250 g/mol. The summed E-state index contributed by atoms with van der Waals surface area (Å²) in [6.07, 6.45) is 4.35. The van der Waals surface area contributed by atoms with Gasteiger partial charge in [-0.15, -0.1) is 0 Å². The number of amides is 1. The van der Waals surface area contributed by atoms with Gasteiger partial charge in [0.25, 0.3) is 5.91 Å². The van der Waals surface area contributed by atoms with Gasteiger partial charge in [0.2, 0.25) is 0 Å². The van der Waals surface area contributed by atoms with Gasteiger partial charge < -0.3 is 10.0 Å². The normalized spacial score (nSPS) is 10.1. The van der Waals surface area contributed by atoms with E-state index in [2.05, 4.69) is 4.98 Å². The number of rotatable bonds is 6. The van der Waals surface area contributed by atoms with Crippen LogP contribution in [0.4, 0.5) is 0 Å². The zero-order valence-electron chi connectivity index (χ0n) is 10.7. The average molecular weight is 250 g/mol. The molecule has 0 radical (unpaired) electrons. The smallest absolute Gasteiger partial charge is 0.338 e. The van der Waals surface area contributed by atoms with E-state index < -0.39 is 5.97 Å². The van der Waals surface area contributed by atoms with E-state index in [1.165, 1.54) is 18.5 Å². The molecule has 1 aromatic rings. The van der Waals surface area contributed by atoms with Crippen LogP contribution in [0.15, 0.2) is 18.5 Å². The Labute approximate surface area is 106 Å². The number of aromatic nitrogens is 1. The highest BCUT2D eigenvalue weighted by molar-refractivity contribution is 6.04. The van der Waals surface area contributed by atoms with Gasteiger partial charge in [-0.05, 0) is 18.9 Å². The van der Waals surface area contributed by atoms with Crippen LogP contribution in [0.1, 0.15) is 47.4 Å². The molecule has 1 aromatic heterocycles. The third kappa shape index (κ3) is 3.29. The minimum atomic E-state index is -1.13. The molecule has 0 fully saturated rings. The Morgan fingerprint density at radius 1 is 1.22 bits per heavy atom. The molecule has 98 valence electrons. The lowest BCUT2D eigenvalue weighted by Gasteiger charge is -2.22. The fraction of sp³-hybridized carbons (Fsp3) is 0.462. The second kappa shape index (κ2) is 6.74. The Morgan fingerprint density at radius 3 is 2.33 bits per heavy atom. The summed E-state index contributed by atoms with van der Waals surface area (Å²) in [5.41, 5.74) is 0.166. The Morgan fingerprint density at radius 2 is 1.83 bits per heavy atom. The van der Waals surface area contributed by atoms with Crippen molar-refractivity contribution >= 4 is 11.9 Å². The van der Waals surface area contributed by atoms with Gasteiger partial charge in [-0.2, -0.15) is 0 Å². The van der Waals surface area contributed by atoms with Crippen molar-refractivity contribution < 1.29 is 14.7 Å². The summed E-state index contributed by atoms with van der Waals surface area (Å²) in [6, 6.07) is 1.46. The van der Waals surface area contributed by atoms with Gasteiger partial charge in [0.1, 0.15) is 0 Å². The molecule has 0 spiro atoms. The van der Waals surface area contributed by atoms with Crippen molar-refractivity contribution in [2.24, 2.45) is 0 Å². The van der Waals surface area contributed by atoms with Gasteiger partial charge in [-0.1, -0.05) is 13.8 Å². The van der Waals surface area contributed by atoms with E-state index >= 15 is 0 Å². The second-order valence-electron chi connectivity index (χ2n) is 4.02. The fourth-order valence-corrected chi connectivity index (χ4v) is 1.78. The van der Waals surface area contributed by atoms with E-state index in [9.17, 15) is 9.59 Å². The largest absolute Gasteiger partial charge is 0.478 e. The molecule has 0 saturated carbocycles. The summed E-state index contributed by atoms with van der Waals surface area (Å²) in [5.74, 6) is -1.36. The molecule has 0 aliphatic heterocycles. The zero-order chi connectivity index (χ0) is 13.5. The zero-order valence-corrected chi connectivity index (χ0v) is 10.7. The summed E-state index contributed by atoms with van der Waals surface area (Å²) in [7, 11) is 0. The number of hydrogen-bond donors (Lipinski definition) is 1. The molecule has 0 unspecified atom stereocenters. The van der Waals surface area contributed by atoms with Crippen LogP contribution < -0.4 is 0 Å². The highest BCUT2D eigenvalue weighted by atomic mass is 16.4. The van der Waals surface area contributed by atoms with Crippen LogP contribution >= 0.6 is 0 Å². The summed E-state index contributed by atoms with van der Waals surface area (Å²) in [4.78, 5) is 28.8. The van der Waals surface area contributed by atoms with Crippen molar-refractivity contribution in [3.8, 4) is 0 Å². The van der Waals surface area contributed by atoms with Gasteiger partial charge in [-0.3, -0.25) is 9.78 Å². The van der Waals surface area contributed by atoms with Gasteiger partial charge in [0.05, 0.1) is 11.1 Å². The molecular formula is C13H18N2O3. The summed E-state index contributed by atoms with van der Waals surface area (Å²) >= 11 is 0. The van der Waals surface area contributed by atoms with Crippen molar-refractivity contribution in [3.63, 3.8) is 0 Å². The topological polar surface area (TPSA) is 70.5 Å². The Bertz CT molecular complexity index is 426. The van der Waals surface area contributed by atoms with Gasteiger partial charge >= 0.3 is 5.97 Å². The molecule has 5 nitrogen and oxygen atoms in total. The molecule has 1 amide bonds. The maximum Gasteiger partial charge on any atom is 0.338 e. The number of pyridine rings is 1. The Hall–Kier alpha value is -1.91. The molecule has 0 aliphatic carbocycles. The maximum atomic E-state index is 12.3. The predicted octanol–water partition coefficient (Wildman–Crippen LogP) is 2.04. The molecule has 0 atom stereocenters. The molecular weight excluding hydrogens is 232 g/mol. The van der Waals surface area contributed by atoms with Gasteiger partial charge in [0.15, 0.2) is 0 Å². The first kappa shape index (κ1) is 14.2. The summed E-state index contributed by atoms with van der Waals surface area (Å²) in [5, 5.41) is 9.05. The highest BCUT2D eigenvalue weighted by Gasteiger charge is 2.20. The molecule has 0 aliphatic rings. The standard InChI is InChI=1S/C13H18N2O3/c1-3-7-15(8-4-2)12(16)10-5-6-14-9-11(10)13(17)18/h5-6,9H,3-4,7-8H2,1-2H3,(H,17,18). The van der Waals surface area contributed by atoms with Crippen molar-refractivity contribution in [3.05, 3.63) is 29.6 Å². The predicted molar refractivity (Wildman–Crippen MR) is 67.7 cm³/mol. The molecule has 1 rings (SSSR count). The molecule has 5 heteroatoms. The SMILES string of the molecule is CCCN(CCC)C(=O)c1ccncc1C(=O)O. The highest BCUT2D eigenvalue weighted by Crippen LogP contribution is 2.11. The Balaban J connectivity index is 3.04.